The summed E-state index contributed by atoms with van der Waals surface area (Å²) >= 11 is 1.50. The second-order valence-electron chi connectivity index (χ2n) is 6.34. The van der Waals surface area contributed by atoms with Crippen LogP contribution >= 0.6 is 11.3 Å². The van der Waals surface area contributed by atoms with Crippen molar-refractivity contribution in [3.8, 4) is 0 Å². The van der Waals surface area contributed by atoms with Gasteiger partial charge in [0.05, 0.1) is 10.6 Å². The molecular formula is C20H19N3OS. The fraction of sp³-hybridized carbons (Fsp3) is 0.200. The highest BCUT2D eigenvalue weighted by Crippen LogP contribution is 2.29. The first-order valence-electron chi connectivity index (χ1n) is 8.20. The largest absolute Gasteiger partial charge is 0.337 e. The van der Waals surface area contributed by atoms with Crippen molar-refractivity contribution < 1.29 is 4.79 Å². The fourth-order valence-corrected chi connectivity index (χ4v) is 4.37. The molecule has 0 spiro atoms. The second-order valence-corrected chi connectivity index (χ2v) is 7.37. The zero-order valence-electron chi connectivity index (χ0n) is 14.5. The van der Waals surface area contributed by atoms with Gasteiger partial charge in [-0.3, -0.25) is 9.48 Å². The van der Waals surface area contributed by atoms with E-state index < -0.39 is 0 Å². The van der Waals surface area contributed by atoms with Crippen molar-refractivity contribution in [3.05, 3.63) is 64.7 Å². The summed E-state index contributed by atoms with van der Waals surface area (Å²) in [5.41, 5.74) is 2.12. The number of hydrogen-bond acceptors (Lipinski definition) is 3. The van der Waals surface area contributed by atoms with Gasteiger partial charge >= 0.3 is 0 Å². The molecule has 25 heavy (non-hydrogen) atoms. The molecule has 0 atom stereocenters. The summed E-state index contributed by atoms with van der Waals surface area (Å²) in [5.74, 6) is 0.0496. The van der Waals surface area contributed by atoms with E-state index in [0.717, 1.165) is 26.4 Å². The Bertz CT molecular complexity index is 1050. The molecule has 2 aromatic carbocycles. The molecule has 0 aliphatic carbocycles. The standard InChI is InChI=1S/C20H19N3OS/c1-13-17-11-18(25-20(17)23(3)21-13)19(24)22(2)12-15-9-6-8-14-7-4-5-10-16(14)15/h4-11H,12H2,1-3H3. The number of nitrogens with zero attached hydrogens (tertiary/aromatic N) is 3. The lowest BCUT2D eigenvalue weighted by Crippen LogP contribution is -2.25. The molecule has 5 heteroatoms. The molecule has 4 nitrogen and oxygen atoms in total. The van der Waals surface area contributed by atoms with Gasteiger partial charge in [0.25, 0.3) is 5.91 Å². The molecule has 0 N–H and O–H groups in total. The van der Waals surface area contributed by atoms with Crippen LogP contribution in [0.3, 0.4) is 0 Å². The van der Waals surface area contributed by atoms with E-state index in [1.165, 1.54) is 22.1 Å². The van der Waals surface area contributed by atoms with Crippen molar-refractivity contribution in [2.45, 2.75) is 13.5 Å². The van der Waals surface area contributed by atoms with Gasteiger partial charge in [-0.1, -0.05) is 42.5 Å². The van der Waals surface area contributed by atoms with Gasteiger partial charge in [0.15, 0.2) is 0 Å². The summed E-state index contributed by atoms with van der Waals surface area (Å²) in [5, 5.41) is 7.86. The molecule has 126 valence electrons. The third-order valence-electron chi connectivity index (χ3n) is 4.54. The highest BCUT2D eigenvalue weighted by molar-refractivity contribution is 7.20. The minimum absolute atomic E-state index is 0.0496. The maximum atomic E-state index is 12.9. The molecule has 2 heterocycles. The van der Waals surface area contributed by atoms with E-state index in [0.29, 0.717) is 6.54 Å². The highest BCUT2D eigenvalue weighted by atomic mass is 32.1. The Morgan fingerprint density at radius 3 is 2.72 bits per heavy atom. The van der Waals surface area contributed by atoms with Gasteiger partial charge in [0.2, 0.25) is 0 Å². The van der Waals surface area contributed by atoms with E-state index in [1.54, 1.807) is 4.90 Å². The minimum atomic E-state index is 0.0496. The van der Waals surface area contributed by atoms with Crippen molar-refractivity contribution in [1.82, 2.24) is 14.7 Å². The van der Waals surface area contributed by atoms with Crippen LogP contribution in [0.25, 0.3) is 21.0 Å². The predicted molar refractivity (Wildman–Crippen MR) is 103 cm³/mol. The number of hydrogen-bond donors (Lipinski definition) is 0. The van der Waals surface area contributed by atoms with E-state index in [1.807, 2.05) is 50.0 Å². The summed E-state index contributed by atoms with van der Waals surface area (Å²) in [6, 6.07) is 16.5. The lowest BCUT2D eigenvalue weighted by molar-refractivity contribution is 0.0790. The van der Waals surface area contributed by atoms with Gasteiger partial charge in [-0.25, -0.2) is 0 Å². The van der Waals surface area contributed by atoms with Crippen molar-refractivity contribution in [3.63, 3.8) is 0 Å². The van der Waals surface area contributed by atoms with Crippen LogP contribution in [0.15, 0.2) is 48.5 Å². The number of amides is 1. The Kier molecular flexibility index (Phi) is 3.81. The Morgan fingerprint density at radius 1 is 1.16 bits per heavy atom. The highest BCUT2D eigenvalue weighted by Gasteiger charge is 2.18. The van der Waals surface area contributed by atoms with Gasteiger partial charge in [0, 0.05) is 26.0 Å². The Hall–Kier alpha value is -2.66. The van der Waals surface area contributed by atoms with Crippen molar-refractivity contribution in [1.29, 1.82) is 0 Å². The maximum Gasteiger partial charge on any atom is 0.264 e. The van der Waals surface area contributed by atoms with Crippen LogP contribution < -0.4 is 0 Å². The van der Waals surface area contributed by atoms with Crippen molar-refractivity contribution >= 4 is 38.2 Å². The third-order valence-corrected chi connectivity index (χ3v) is 5.73. The molecule has 4 aromatic rings. The van der Waals surface area contributed by atoms with Crippen molar-refractivity contribution in [2.75, 3.05) is 7.05 Å². The predicted octanol–water partition coefficient (Wildman–Crippen LogP) is 4.37. The van der Waals surface area contributed by atoms with E-state index >= 15 is 0 Å². The molecule has 0 bridgehead atoms. The van der Waals surface area contributed by atoms with E-state index in [9.17, 15) is 4.79 Å². The number of carbonyl (C=O) groups is 1. The summed E-state index contributed by atoms with van der Waals surface area (Å²) in [7, 11) is 3.78. The Balaban J connectivity index is 1.64. The van der Waals surface area contributed by atoms with Crippen LogP contribution in [-0.4, -0.2) is 27.6 Å². The molecular weight excluding hydrogens is 330 g/mol. The van der Waals surface area contributed by atoms with Crippen LogP contribution in [0, 0.1) is 6.92 Å². The molecule has 0 saturated heterocycles. The summed E-state index contributed by atoms with van der Waals surface area (Å²) in [4.78, 5) is 16.5. The molecule has 2 aromatic heterocycles. The number of fused-ring (bicyclic) bond motifs is 2. The number of rotatable bonds is 3. The van der Waals surface area contributed by atoms with E-state index in [2.05, 4.69) is 29.4 Å². The second kappa shape index (κ2) is 6.01. The molecule has 0 fully saturated rings. The molecule has 4 rings (SSSR count). The quantitative estimate of drug-likeness (QED) is 0.551. The number of thiophene rings is 1. The Labute approximate surface area is 150 Å². The lowest BCUT2D eigenvalue weighted by atomic mass is 10.0. The van der Waals surface area contributed by atoms with Gasteiger partial charge in [-0.2, -0.15) is 5.10 Å². The Morgan fingerprint density at radius 2 is 1.92 bits per heavy atom. The first kappa shape index (κ1) is 15.8. The molecule has 0 aliphatic heterocycles. The van der Waals surface area contributed by atoms with Gasteiger partial charge in [0.1, 0.15) is 4.83 Å². The zero-order chi connectivity index (χ0) is 17.6. The molecule has 0 aliphatic rings. The monoisotopic (exact) mass is 349 g/mol. The first-order valence-corrected chi connectivity index (χ1v) is 9.01. The number of carbonyl (C=O) groups excluding carboxylic acids is 1. The molecule has 1 amide bonds. The SMILES string of the molecule is Cc1nn(C)c2sc(C(=O)N(C)Cc3cccc4ccccc34)cc12. The average Bonchev–Trinajstić information content (AvgIpc) is 3.16. The van der Waals surface area contributed by atoms with Crippen LogP contribution in [0.2, 0.25) is 0 Å². The maximum absolute atomic E-state index is 12.9. The van der Waals surface area contributed by atoms with Crippen LogP contribution in [-0.2, 0) is 13.6 Å². The fourth-order valence-electron chi connectivity index (χ4n) is 3.26. The molecule has 0 unspecified atom stereocenters. The smallest absolute Gasteiger partial charge is 0.264 e. The normalized spacial score (nSPS) is 11.3. The van der Waals surface area contributed by atoms with Crippen LogP contribution in [0.5, 0.6) is 0 Å². The van der Waals surface area contributed by atoms with Crippen LogP contribution in [0.1, 0.15) is 20.9 Å². The van der Waals surface area contributed by atoms with Gasteiger partial charge < -0.3 is 4.90 Å². The minimum Gasteiger partial charge on any atom is -0.337 e. The molecule has 0 saturated carbocycles. The third kappa shape index (κ3) is 2.70. The summed E-state index contributed by atoms with van der Waals surface area (Å²) in [6.45, 7) is 2.56. The summed E-state index contributed by atoms with van der Waals surface area (Å²) in [6.07, 6.45) is 0. The number of aryl methyl sites for hydroxylation is 2. The topological polar surface area (TPSA) is 38.1 Å². The lowest BCUT2D eigenvalue weighted by Gasteiger charge is -2.17. The zero-order valence-corrected chi connectivity index (χ0v) is 15.3. The summed E-state index contributed by atoms with van der Waals surface area (Å²) < 4.78 is 1.84. The van der Waals surface area contributed by atoms with E-state index in [4.69, 9.17) is 0 Å². The van der Waals surface area contributed by atoms with Gasteiger partial charge in [-0.05, 0) is 29.3 Å². The van der Waals surface area contributed by atoms with Crippen LogP contribution in [0.4, 0.5) is 0 Å². The van der Waals surface area contributed by atoms with Crippen molar-refractivity contribution in [2.24, 2.45) is 7.05 Å². The number of benzene rings is 2. The van der Waals surface area contributed by atoms with Gasteiger partial charge in [-0.15, -0.1) is 11.3 Å². The van der Waals surface area contributed by atoms with E-state index in [-0.39, 0.29) is 5.91 Å². The first-order chi connectivity index (χ1) is 12.0. The molecule has 0 radical (unpaired) electrons. The average molecular weight is 349 g/mol. The number of aromatic nitrogens is 2.